The highest BCUT2D eigenvalue weighted by atomic mass is 32.1. The minimum atomic E-state index is -0.446. The van der Waals surface area contributed by atoms with Gasteiger partial charge in [0.15, 0.2) is 0 Å². The molecule has 108 valence electrons. The molecule has 2 rings (SSSR count). The summed E-state index contributed by atoms with van der Waals surface area (Å²) >= 11 is 1.41. The number of aryl methyl sites for hydroxylation is 1. The number of ether oxygens (including phenoxy) is 1. The molecule has 0 bridgehead atoms. The van der Waals surface area contributed by atoms with E-state index >= 15 is 0 Å². The lowest BCUT2D eigenvalue weighted by molar-refractivity contribution is -0.383. The number of aliphatic hydroxyl groups excluding tert-OH is 1. The van der Waals surface area contributed by atoms with Crippen LogP contribution >= 0.6 is 11.3 Å². The summed E-state index contributed by atoms with van der Waals surface area (Å²) in [4.78, 5) is 15.0. The van der Waals surface area contributed by atoms with E-state index in [-0.39, 0.29) is 18.9 Å². The first-order chi connectivity index (χ1) is 9.55. The van der Waals surface area contributed by atoms with Gasteiger partial charge in [0.1, 0.15) is 5.69 Å². The average Bonchev–Trinajstić information content (AvgIpc) is 2.76. The summed E-state index contributed by atoms with van der Waals surface area (Å²) < 4.78 is 5.72. The Balaban J connectivity index is 2.43. The van der Waals surface area contributed by atoms with Crippen molar-refractivity contribution in [3.63, 3.8) is 0 Å². The molecule has 2 aromatic rings. The third-order valence-electron chi connectivity index (χ3n) is 2.76. The van der Waals surface area contributed by atoms with Gasteiger partial charge in [-0.2, -0.15) is 0 Å². The molecule has 1 heterocycles. The predicted octanol–water partition coefficient (Wildman–Crippen LogP) is 1.93. The van der Waals surface area contributed by atoms with E-state index < -0.39 is 11.0 Å². The standard InChI is InChI=1S/C12H15N3O4S/c1-7-13-10-3-9(14-8(5-16)6-19-2)11(15(17)18)4-12(10)20-7/h3-4,8,14,16H,5-6H2,1-2H3. The molecule has 0 aliphatic rings. The fraction of sp³-hybridized carbons (Fsp3) is 0.417. The Morgan fingerprint density at radius 2 is 2.35 bits per heavy atom. The second-order valence-electron chi connectivity index (χ2n) is 4.31. The van der Waals surface area contributed by atoms with Gasteiger partial charge in [0, 0.05) is 13.2 Å². The van der Waals surface area contributed by atoms with E-state index in [0.29, 0.717) is 11.2 Å². The zero-order valence-corrected chi connectivity index (χ0v) is 11.9. The number of methoxy groups -OCH3 is 1. The van der Waals surface area contributed by atoms with Crippen molar-refractivity contribution in [1.29, 1.82) is 0 Å². The van der Waals surface area contributed by atoms with E-state index in [1.807, 2.05) is 6.92 Å². The maximum atomic E-state index is 11.2. The summed E-state index contributed by atoms with van der Waals surface area (Å²) in [5, 5.41) is 24.2. The van der Waals surface area contributed by atoms with Crippen LogP contribution in [0.25, 0.3) is 10.2 Å². The van der Waals surface area contributed by atoms with Gasteiger partial charge in [0.05, 0.1) is 39.4 Å². The van der Waals surface area contributed by atoms with Crippen LogP contribution in [0.3, 0.4) is 0 Å². The number of aromatic nitrogens is 1. The SMILES string of the molecule is COCC(CO)Nc1cc2nc(C)sc2cc1[N+](=O)[O-]. The fourth-order valence-corrected chi connectivity index (χ4v) is 2.75. The molecule has 20 heavy (non-hydrogen) atoms. The van der Waals surface area contributed by atoms with Crippen molar-refractivity contribution < 1.29 is 14.8 Å². The van der Waals surface area contributed by atoms with E-state index in [2.05, 4.69) is 10.3 Å². The largest absolute Gasteiger partial charge is 0.394 e. The molecule has 0 spiro atoms. The third-order valence-corrected chi connectivity index (χ3v) is 3.69. The van der Waals surface area contributed by atoms with Gasteiger partial charge in [-0.1, -0.05) is 0 Å². The number of nitro benzene ring substituents is 1. The Morgan fingerprint density at radius 1 is 1.60 bits per heavy atom. The summed E-state index contributed by atoms with van der Waals surface area (Å²) in [6, 6.07) is 2.73. The van der Waals surface area contributed by atoms with Crippen LogP contribution in [0.4, 0.5) is 11.4 Å². The van der Waals surface area contributed by atoms with Crippen molar-refractivity contribution in [3.8, 4) is 0 Å². The zero-order chi connectivity index (χ0) is 14.7. The van der Waals surface area contributed by atoms with Crippen LogP contribution in [0.15, 0.2) is 12.1 Å². The van der Waals surface area contributed by atoms with Crippen molar-refractivity contribution in [2.75, 3.05) is 25.6 Å². The molecule has 2 N–H and O–H groups in total. The summed E-state index contributed by atoms with van der Waals surface area (Å²) in [5.41, 5.74) is 1.01. The molecule has 0 amide bonds. The number of fused-ring (bicyclic) bond motifs is 1. The zero-order valence-electron chi connectivity index (χ0n) is 11.1. The van der Waals surface area contributed by atoms with E-state index in [4.69, 9.17) is 4.74 Å². The Hall–Kier alpha value is -1.77. The van der Waals surface area contributed by atoms with Gasteiger partial charge in [-0.05, 0) is 13.0 Å². The maximum Gasteiger partial charge on any atom is 0.293 e. The second kappa shape index (κ2) is 6.12. The molecule has 7 nitrogen and oxygen atoms in total. The molecule has 0 saturated carbocycles. The lowest BCUT2D eigenvalue weighted by Gasteiger charge is -2.16. The fourth-order valence-electron chi connectivity index (χ4n) is 1.91. The van der Waals surface area contributed by atoms with Gasteiger partial charge < -0.3 is 15.2 Å². The smallest absolute Gasteiger partial charge is 0.293 e. The molecule has 8 heteroatoms. The quantitative estimate of drug-likeness (QED) is 0.624. The minimum absolute atomic E-state index is 0.0318. The van der Waals surface area contributed by atoms with Crippen LogP contribution in [-0.4, -0.2) is 41.4 Å². The summed E-state index contributed by atoms with van der Waals surface area (Å²) in [6.07, 6.45) is 0. The van der Waals surface area contributed by atoms with Crippen LogP contribution < -0.4 is 5.32 Å². The van der Waals surface area contributed by atoms with Crippen molar-refractivity contribution >= 4 is 32.9 Å². The molecule has 0 aliphatic carbocycles. The highest BCUT2D eigenvalue weighted by molar-refractivity contribution is 7.18. The monoisotopic (exact) mass is 297 g/mol. The Bertz CT molecular complexity index is 628. The number of nitrogens with one attached hydrogen (secondary N) is 1. The van der Waals surface area contributed by atoms with E-state index in [9.17, 15) is 15.2 Å². The number of rotatable bonds is 6. The van der Waals surface area contributed by atoms with Gasteiger partial charge in [0.25, 0.3) is 5.69 Å². The Kier molecular flexibility index (Phi) is 4.48. The first-order valence-electron chi connectivity index (χ1n) is 5.97. The van der Waals surface area contributed by atoms with Crippen molar-refractivity contribution in [2.45, 2.75) is 13.0 Å². The molecule has 1 aromatic heterocycles. The van der Waals surface area contributed by atoms with Crippen molar-refractivity contribution in [3.05, 3.63) is 27.3 Å². The van der Waals surface area contributed by atoms with Crippen LogP contribution in [0.2, 0.25) is 0 Å². The van der Waals surface area contributed by atoms with Crippen molar-refractivity contribution in [1.82, 2.24) is 4.98 Å². The number of nitro groups is 1. The lowest BCUT2D eigenvalue weighted by atomic mass is 10.2. The number of hydrogen-bond donors (Lipinski definition) is 2. The Morgan fingerprint density at radius 3 is 2.95 bits per heavy atom. The summed E-state index contributed by atoms with van der Waals surface area (Å²) in [7, 11) is 1.51. The lowest BCUT2D eigenvalue weighted by Crippen LogP contribution is -2.29. The number of benzene rings is 1. The molecule has 1 aromatic carbocycles. The first-order valence-corrected chi connectivity index (χ1v) is 6.78. The van der Waals surface area contributed by atoms with Gasteiger partial charge in [0.2, 0.25) is 0 Å². The van der Waals surface area contributed by atoms with Gasteiger partial charge in [-0.15, -0.1) is 11.3 Å². The number of thiazole rings is 1. The number of hydrogen-bond acceptors (Lipinski definition) is 7. The van der Waals surface area contributed by atoms with E-state index in [1.54, 1.807) is 6.07 Å². The maximum absolute atomic E-state index is 11.2. The first kappa shape index (κ1) is 14.6. The van der Waals surface area contributed by atoms with Crippen molar-refractivity contribution in [2.24, 2.45) is 0 Å². The molecular formula is C12H15N3O4S. The van der Waals surface area contributed by atoms with E-state index in [0.717, 1.165) is 9.71 Å². The highest BCUT2D eigenvalue weighted by Crippen LogP contribution is 2.33. The molecule has 1 unspecified atom stereocenters. The second-order valence-corrected chi connectivity index (χ2v) is 5.54. The van der Waals surface area contributed by atoms with Crippen LogP contribution in [-0.2, 0) is 4.74 Å². The minimum Gasteiger partial charge on any atom is -0.394 e. The summed E-state index contributed by atoms with van der Waals surface area (Å²) in [5.74, 6) is 0. The van der Waals surface area contributed by atoms with Gasteiger partial charge >= 0.3 is 0 Å². The normalized spacial score (nSPS) is 12.6. The van der Waals surface area contributed by atoms with Gasteiger partial charge in [-0.25, -0.2) is 4.98 Å². The molecule has 0 aliphatic heterocycles. The van der Waals surface area contributed by atoms with Gasteiger partial charge in [-0.3, -0.25) is 10.1 Å². The molecule has 0 saturated heterocycles. The number of nitrogens with zero attached hydrogens (tertiary/aromatic N) is 2. The van der Waals surface area contributed by atoms with Crippen LogP contribution in [0, 0.1) is 17.0 Å². The Labute approximate surface area is 119 Å². The highest BCUT2D eigenvalue weighted by Gasteiger charge is 2.19. The average molecular weight is 297 g/mol. The third kappa shape index (κ3) is 3.03. The number of anilines is 1. The van der Waals surface area contributed by atoms with Crippen LogP contribution in [0.1, 0.15) is 5.01 Å². The molecule has 0 radical (unpaired) electrons. The van der Waals surface area contributed by atoms with E-state index in [1.165, 1.54) is 24.5 Å². The molecule has 1 atom stereocenters. The predicted molar refractivity (Wildman–Crippen MR) is 77.4 cm³/mol. The molecular weight excluding hydrogens is 282 g/mol. The van der Waals surface area contributed by atoms with Crippen LogP contribution in [0.5, 0.6) is 0 Å². The topological polar surface area (TPSA) is 97.5 Å². The molecule has 0 fully saturated rings. The number of aliphatic hydroxyl groups is 1. The summed E-state index contributed by atoms with van der Waals surface area (Å²) in [6.45, 7) is 1.92.